The maximum Gasteiger partial charge on any atom is 0.322 e. The summed E-state index contributed by atoms with van der Waals surface area (Å²) in [4.78, 5) is 10.5. The fraction of sp³-hybridized carbons (Fsp3) is 0.300. The van der Waals surface area contributed by atoms with Gasteiger partial charge in [0.05, 0.1) is 0 Å². The highest BCUT2D eigenvalue weighted by atomic mass is 35.5. The van der Waals surface area contributed by atoms with E-state index in [2.05, 4.69) is 0 Å². The van der Waals surface area contributed by atoms with Gasteiger partial charge in [-0.2, -0.15) is 0 Å². The first kappa shape index (κ1) is 17.6. The van der Waals surface area contributed by atoms with E-state index in [1.807, 2.05) is 30.3 Å². The first-order chi connectivity index (χ1) is 6.61. The minimum absolute atomic E-state index is 0. The molecule has 2 atom stereocenters. The zero-order valence-corrected chi connectivity index (χ0v) is 10.2. The van der Waals surface area contributed by atoms with Crippen molar-refractivity contribution in [2.24, 2.45) is 11.5 Å². The van der Waals surface area contributed by atoms with Gasteiger partial charge < -0.3 is 16.6 Å². The van der Waals surface area contributed by atoms with Crippen LogP contribution >= 0.6 is 24.8 Å². The van der Waals surface area contributed by atoms with E-state index in [9.17, 15) is 4.79 Å². The summed E-state index contributed by atoms with van der Waals surface area (Å²) in [6.45, 7) is 0. The summed E-state index contributed by atoms with van der Waals surface area (Å²) in [5, 5.41) is 8.63. The molecule has 4 nitrogen and oxygen atoms in total. The van der Waals surface area contributed by atoms with Crippen LogP contribution in [0.4, 0.5) is 0 Å². The van der Waals surface area contributed by atoms with Crippen LogP contribution in [0, 0.1) is 0 Å². The number of rotatable bonds is 4. The first-order valence-electron chi connectivity index (χ1n) is 4.39. The number of aliphatic carboxylic acids is 1. The lowest BCUT2D eigenvalue weighted by Crippen LogP contribution is -2.48. The molecule has 92 valence electrons. The average Bonchev–Trinajstić information content (AvgIpc) is 2.18. The Balaban J connectivity index is 0. The molecule has 0 fully saturated rings. The second-order valence-electron chi connectivity index (χ2n) is 3.22. The maximum atomic E-state index is 10.5. The van der Waals surface area contributed by atoms with E-state index in [-0.39, 0.29) is 24.8 Å². The van der Waals surface area contributed by atoms with Gasteiger partial charge in [0.2, 0.25) is 0 Å². The van der Waals surface area contributed by atoms with E-state index in [0.29, 0.717) is 6.42 Å². The Morgan fingerprint density at radius 1 is 1.19 bits per heavy atom. The number of carboxylic acids is 1. The Bertz CT molecular complexity index is 309. The molecular formula is C10H16Cl2N2O2. The monoisotopic (exact) mass is 266 g/mol. The molecule has 1 aromatic rings. The van der Waals surface area contributed by atoms with Crippen LogP contribution in [-0.2, 0) is 11.2 Å². The van der Waals surface area contributed by atoms with Crippen molar-refractivity contribution in [1.82, 2.24) is 0 Å². The molecule has 0 spiro atoms. The summed E-state index contributed by atoms with van der Waals surface area (Å²) in [5.74, 6) is -1.06. The summed E-state index contributed by atoms with van der Waals surface area (Å²) in [6, 6.07) is 7.91. The molecule has 0 saturated carbocycles. The van der Waals surface area contributed by atoms with Crippen molar-refractivity contribution in [3.63, 3.8) is 0 Å². The Labute approximate surface area is 107 Å². The summed E-state index contributed by atoms with van der Waals surface area (Å²) >= 11 is 0. The van der Waals surface area contributed by atoms with Crippen LogP contribution in [0.25, 0.3) is 0 Å². The maximum absolute atomic E-state index is 10.5. The number of hydrogen-bond acceptors (Lipinski definition) is 3. The second-order valence-corrected chi connectivity index (χ2v) is 3.22. The summed E-state index contributed by atoms with van der Waals surface area (Å²) in [7, 11) is 0. The van der Waals surface area contributed by atoms with Gasteiger partial charge in [-0.3, -0.25) is 4.79 Å². The predicted molar refractivity (Wildman–Crippen MR) is 68.2 cm³/mol. The van der Waals surface area contributed by atoms with E-state index < -0.39 is 18.1 Å². The van der Waals surface area contributed by atoms with Crippen LogP contribution in [0.2, 0.25) is 0 Å². The molecule has 0 aliphatic rings. The molecule has 0 aliphatic carbocycles. The van der Waals surface area contributed by atoms with E-state index in [4.69, 9.17) is 16.6 Å². The van der Waals surface area contributed by atoms with E-state index in [1.165, 1.54) is 0 Å². The van der Waals surface area contributed by atoms with Crippen LogP contribution < -0.4 is 11.5 Å². The smallest absolute Gasteiger partial charge is 0.322 e. The van der Waals surface area contributed by atoms with Gasteiger partial charge in [-0.1, -0.05) is 30.3 Å². The molecule has 0 saturated heterocycles. The molecule has 0 unspecified atom stereocenters. The van der Waals surface area contributed by atoms with Crippen molar-refractivity contribution in [2.75, 3.05) is 0 Å². The number of benzene rings is 1. The van der Waals surface area contributed by atoms with Gasteiger partial charge in [0.1, 0.15) is 6.04 Å². The molecule has 0 bridgehead atoms. The molecule has 0 heterocycles. The number of carboxylic acid groups (broad SMARTS) is 1. The highest BCUT2D eigenvalue weighted by Gasteiger charge is 2.20. The van der Waals surface area contributed by atoms with Gasteiger partial charge in [0.25, 0.3) is 0 Å². The normalized spacial score (nSPS) is 12.9. The summed E-state index contributed by atoms with van der Waals surface area (Å²) < 4.78 is 0. The molecule has 1 rings (SSSR count). The molecule has 5 N–H and O–H groups in total. The van der Waals surface area contributed by atoms with Gasteiger partial charge in [-0.15, -0.1) is 24.8 Å². The standard InChI is InChI=1S/C10H14N2O2.2ClH/c11-8(9(12)10(13)14)6-7-4-2-1-3-5-7;;/h1-5,8-9H,6,11-12H2,(H,13,14);2*1H/t8-,9-;;/m1../s1. The second kappa shape index (κ2) is 8.35. The van der Waals surface area contributed by atoms with E-state index in [0.717, 1.165) is 5.56 Å². The lowest BCUT2D eigenvalue weighted by atomic mass is 10.0. The molecule has 6 heteroatoms. The molecular weight excluding hydrogens is 251 g/mol. The van der Waals surface area contributed by atoms with Crippen molar-refractivity contribution in [2.45, 2.75) is 18.5 Å². The van der Waals surface area contributed by atoms with Gasteiger partial charge in [-0.25, -0.2) is 0 Å². The van der Waals surface area contributed by atoms with Gasteiger partial charge in [-0.05, 0) is 12.0 Å². The molecule has 16 heavy (non-hydrogen) atoms. The molecule has 0 amide bonds. The minimum atomic E-state index is -1.06. The highest BCUT2D eigenvalue weighted by molar-refractivity contribution is 5.85. The number of hydrogen-bond donors (Lipinski definition) is 3. The largest absolute Gasteiger partial charge is 0.480 e. The van der Waals surface area contributed by atoms with Crippen LogP contribution in [0.3, 0.4) is 0 Å². The Hall–Kier alpha value is -0.810. The number of nitrogens with two attached hydrogens (primary N) is 2. The fourth-order valence-electron chi connectivity index (χ4n) is 1.20. The molecule has 1 aromatic carbocycles. The van der Waals surface area contributed by atoms with Gasteiger partial charge >= 0.3 is 5.97 Å². The Morgan fingerprint density at radius 3 is 2.12 bits per heavy atom. The number of carbonyl (C=O) groups is 1. The summed E-state index contributed by atoms with van der Waals surface area (Å²) in [5.41, 5.74) is 12.0. The highest BCUT2D eigenvalue weighted by Crippen LogP contribution is 2.03. The lowest BCUT2D eigenvalue weighted by molar-refractivity contribution is -0.139. The third-order valence-corrected chi connectivity index (χ3v) is 2.06. The van der Waals surface area contributed by atoms with Crippen LogP contribution in [0.15, 0.2) is 30.3 Å². The zero-order chi connectivity index (χ0) is 10.6. The van der Waals surface area contributed by atoms with Crippen molar-refractivity contribution in [1.29, 1.82) is 0 Å². The first-order valence-corrected chi connectivity index (χ1v) is 4.39. The van der Waals surface area contributed by atoms with Crippen LogP contribution in [0.5, 0.6) is 0 Å². The summed E-state index contributed by atoms with van der Waals surface area (Å²) in [6.07, 6.45) is 0.480. The molecule has 0 aromatic heterocycles. The van der Waals surface area contributed by atoms with Crippen molar-refractivity contribution >= 4 is 30.8 Å². The molecule has 0 aliphatic heterocycles. The van der Waals surface area contributed by atoms with E-state index >= 15 is 0 Å². The van der Waals surface area contributed by atoms with Crippen LogP contribution in [0.1, 0.15) is 5.56 Å². The lowest BCUT2D eigenvalue weighted by Gasteiger charge is -2.15. The van der Waals surface area contributed by atoms with Crippen molar-refractivity contribution in [3.05, 3.63) is 35.9 Å². The third-order valence-electron chi connectivity index (χ3n) is 2.06. The SMILES string of the molecule is Cl.Cl.N[C@H](Cc1ccccc1)[C@@H](N)C(=O)O. The molecule has 0 radical (unpaired) electrons. The van der Waals surface area contributed by atoms with E-state index in [1.54, 1.807) is 0 Å². The average molecular weight is 267 g/mol. The topological polar surface area (TPSA) is 89.3 Å². The van der Waals surface area contributed by atoms with Crippen molar-refractivity contribution < 1.29 is 9.90 Å². The van der Waals surface area contributed by atoms with Crippen LogP contribution in [-0.4, -0.2) is 23.2 Å². The Kier molecular flexibility index (Phi) is 9.18. The van der Waals surface area contributed by atoms with Gasteiger partial charge in [0, 0.05) is 6.04 Å². The van der Waals surface area contributed by atoms with Crippen molar-refractivity contribution in [3.8, 4) is 0 Å². The number of halogens is 2. The Morgan fingerprint density at radius 2 is 1.69 bits per heavy atom. The minimum Gasteiger partial charge on any atom is -0.480 e. The van der Waals surface area contributed by atoms with Gasteiger partial charge in [0.15, 0.2) is 0 Å². The third kappa shape index (κ3) is 5.32. The zero-order valence-electron chi connectivity index (χ0n) is 8.58. The predicted octanol–water partition coefficient (Wildman–Crippen LogP) is 0.812. The quantitative estimate of drug-likeness (QED) is 0.753. The fourth-order valence-corrected chi connectivity index (χ4v) is 1.20.